The summed E-state index contributed by atoms with van der Waals surface area (Å²) in [6, 6.07) is 9.76. The first-order valence-electron chi connectivity index (χ1n) is 6.74. The molecule has 0 spiro atoms. The Morgan fingerprint density at radius 2 is 1.78 bits per heavy atom. The first-order valence-corrected chi connectivity index (χ1v) is 6.74. The van der Waals surface area contributed by atoms with Crippen molar-refractivity contribution in [2.75, 3.05) is 5.32 Å². The number of nitrogens with zero attached hydrogens (tertiary/aromatic N) is 2. The van der Waals surface area contributed by atoms with Crippen molar-refractivity contribution in [2.24, 2.45) is 0 Å². The van der Waals surface area contributed by atoms with E-state index in [2.05, 4.69) is 15.3 Å². The van der Waals surface area contributed by atoms with E-state index in [9.17, 15) is 17.6 Å². The molecule has 1 N–H and O–H groups in total. The van der Waals surface area contributed by atoms with Crippen molar-refractivity contribution < 1.29 is 17.6 Å². The molecule has 0 saturated carbocycles. The molecule has 0 unspecified atom stereocenters. The quantitative estimate of drug-likeness (QED) is 0.727. The molecule has 118 valence electrons. The molecule has 1 heterocycles. The minimum atomic E-state index is -4.62. The number of alkyl halides is 3. The minimum Gasteiger partial charge on any atom is -0.365 e. The Morgan fingerprint density at radius 3 is 2.57 bits per heavy atom. The van der Waals surface area contributed by atoms with Crippen LogP contribution in [0.4, 0.5) is 23.4 Å². The van der Waals surface area contributed by atoms with Gasteiger partial charge in [-0.1, -0.05) is 18.2 Å². The first kappa shape index (κ1) is 15.2. The molecule has 3 nitrogen and oxygen atoms in total. The average molecular weight is 321 g/mol. The highest BCUT2D eigenvalue weighted by Gasteiger charge is 2.33. The summed E-state index contributed by atoms with van der Waals surface area (Å²) in [6.07, 6.45) is -3.28. The van der Waals surface area contributed by atoms with E-state index in [4.69, 9.17) is 0 Å². The normalized spacial score (nSPS) is 11.7. The topological polar surface area (TPSA) is 37.8 Å². The molecule has 7 heteroatoms. The molecule has 3 aromatic rings. The first-order chi connectivity index (χ1) is 10.9. The van der Waals surface area contributed by atoms with E-state index >= 15 is 0 Å². The second-order valence-corrected chi connectivity index (χ2v) is 4.89. The zero-order chi connectivity index (χ0) is 16.4. The van der Waals surface area contributed by atoms with Gasteiger partial charge in [0.1, 0.15) is 18.0 Å². The van der Waals surface area contributed by atoms with Crippen LogP contribution in [0.5, 0.6) is 0 Å². The molecule has 0 bridgehead atoms. The number of anilines is 1. The van der Waals surface area contributed by atoms with Gasteiger partial charge in [0.05, 0.1) is 11.1 Å². The summed E-state index contributed by atoms with van der Waals surface area (Å²) in [5.74, 6) is -0.499. The number of hydrogen-bond donors (Lipinski definition) is 1. The Kier molecular flexibility index (Phi) is 3.85. The van der Waals surface area contributed by atoms with Crippen LogP contribution in [0.25, 0.3) is 10.9 Å². The number of aromatic nitrogens is 2. The van der Waals surface area contributed by atoms with Crippen LogP contribution in [-0.2, 0) is 12.7 Å². The van der Waals surface area contributed by atoms with Gasteiger partial charge in [-0.15, -0.1) is 0 Å². The van der Waals surface area contributed by atoms with E-state index in [1.807, 2.05) is 0 Å². The van der Waals surface area contributed by atoms with Crippen molar-refractivity contribution in [2.45, 2.75) is 12.7 Å². The predicted octanol–water partition coefficient (Wildman–Crippen LogP) is 4.40. The van der Waals surface area contributed by atoms with E-state index in [0.29, 0.717) is 22.8 Å². The van der Waals surface area contributed by atoms with E-state index < -0.39 is 17.6 Å². The van der Waals surface area contributed by atoms with E-state index in [0.717, 1.165) is 12.1 Å². The van der Waals surface area contributed by atoms with E-state index in [1.54, 1.807) is 24.3 Å². The largest absolute Gasteiger partial charge is 0.416 e. The van der Waals surface area contributed by atoms with Crippen LogP contribution in [-0.4, -0.2) is 9.97 Å². The number of halogens is 4. The number of rotatable bonds is 3. The van der Waals surface area contributed by atoms with Crippen LogP contribution in [0.3, 0.4) is 0 Å². The van der Waals surface area contributed by atoms with Crippen LogP contribution in [0, 0.1) is 5.82 Å². The zero-order valence-corrected chi connectivity index (χ0v) is 11.7. The monoisotopic (exact) mass is 321 g/mol. The van der Waals surface area contributed by atoms with Crippen LogP contribution >= 0.6 is 0 Å². The maximum absolute atomic E-state index is 13.1. The number of para-hydroxylation sites is 1. The van der Waals surface area contributed by atoms with Crippen molar-refractivity contribution in [3.63, 3.8) is 0 Å². The Morgan fingerprint density at radius 1 is 1.00 bits per heavy atom. The molecule has 0 atom stereocenters. The Labute approximate surface area is 129 Å². The fraction of sp³-hybridized carbons (Fsp3) is 0.125. The van der Waals surface area contributed by atoms with Crippen molar-refractivity contribution in [3.8, 4) is 0 Å². The number of nitrogens with one attached hydrogen (secondary N) is 1. The lowest BCUT2D eigenvalue weighted by Gasteiger charge is -2.14. The highest BCUT2D eigenvalue weighted by Crippen LogP contribution is 2.33. The maximum atomic E-state index is 13.1. The molecular weight excluding hydrogens is 310 g/mol. The van der Waals surface area contributed by atoms with Gasteiger partial charge < -0.3 is 5.32 Å². The summed E-state index contributed by atoms with van der Waals surface area (Å²) in [6.45, 7) is -0.129. The summed E-state index contributed by atoms with van der Waals surface area (Å²) in [5, 5.41) is 3.56. The lowest BCUT2D eigenvalue weighted by atomic mass is 10.1. The summed E-state index contributed by atoms with van der Waals surface area (Å²) in [7, 11) is 0. The summed E-state index contributed by atoms with van der Waals surface area (Å²) >= 11 is 0. The number of fused-ring (bicyclic) bond motifs is 1. The molecule has 23 heavy (non-hydrogen) atoms. The second kappa shape index (κ2) is 5.83. The third kappa shape index (κ3) is 3.23. The number of benzene rings is 2. The summed E-state index contributed by atoms with van der Waals surface area (Å²) in [4.78, 5) is 8.14. The molecule has 3 rings (SSSR count). The lowest BCUT2D eigenvalue weighted by Crippen LogP contribution is -2.13. The molecule has 1 aromatic heterocycles. The molecule has 0 amide bonds. The molecule has 2 aromatic carbocycles. The number of hydrogen-bond acceptors (Lipinski definition) is 3. The molecule has 0 aliphatic heterocycles. The second-order valence-electron chi connectivity index (χ2n) is 4.89. The molecule has 0 aliphatic carbocycles. The van der Waals surface area contributed by atoms with Gasteiger partial charge in [0.2, 0.25) is 0 Å². The Bertz CT molecular complexity index is 841. The van der Waals surface area contributed by atoms with Gasteiger partial charge in [-0.25, -0.2) is 14.4 Å². The summed E-state index contributed by atoms with van der Waals surface area (Å²) in [5.41, 5.74) is -0.370. The molecule has 0 radical (unpaired) electrons. The van der Waals surface area contributed by atoms with Crippen molar-refractivity contribution in [1.82, 2.24) is 9.97 Å². The van der Waals surface area contributed by atoms with Gasteiger partial charge in [-0.3, -0.25) is 0 Å². The molecule has 0 aliphatic rings. The third-order valence-corrected chi connectivity index (χ3v) is 3.37. The standard InChI is InChI=1S/C16H11F4N3/c17-11-6-5-10(13(7-11)16(18,19)20)8-21-15-12-3-1-2-4-14(12)22-9-23-15/h1-7,9H,8H2,(H,21,22,23). The van der Waals surface area contributed by atoms with Gasteiger partial charge in [0.25, 0.3) is 0 Å². The Hall–Kier alpha value is -2.70. The lowest BCUT2D eigenvalue weighted by molar-refractivity contribution is -0.138. The fourth-order valence-corrected chi connectivity index (χ4v) is 2.29. The van der Waals surface area contributed by atoms with Crippen LogP contribution in [0.1, 0.15) is 11.1 Å². The highest BCUT2D eigenvalue weighted by molar-refractivity contribution is 5.88. The molecule has 0 saturated heterocycles. The zero-order valence-electron chi connectivity index (χ0n) is 11.7. The maximum Gasteiger partial charge on any atom is 0.416 e. The highest BCUT2D eigenvalue weighted by atomic mass is 19.4. The van der Waals surface area contributed by atoms with Gasteiger partial charge in [-0.2, -0.15) is 13.2 Å². The van der Waals surface area contributed by atoms with Crippen LogP contribution in [0.15, 0.2) is 48.8 Å². The van der Waals surface area contributed by atoms with Crippen LogP contribution < -0.4 is 5.32 Å². The van der Waals surface area contributed by atoms with E-state index in [1.165, 1.54) is 6.33 Å². The van der Waals surface area contributed by atoms with E-state index in [-0.39, 0.29) is 12.1 Å². The molecule has 0 fully saturated rings. The van der Waals surface area contributed by atoms with Crippen molar-refractivity contribution >= 4 is 16.7 Å². The summed E-state index contributed by atoms with van der Waals surface area (Å²) < 4.78 is 52.1. The predicted molar refractivity (Wildman–Crippen MR) is 78.3 cm³/mol. The SMILES string of the molecule is Fc1ccc(CNc2ncnc3ccccc23)c(C(F)(F)F)c1. The van der Waals surface area contributed by atoms with Crippen LogP contribution in [0.2, 0.25) is 0 Å². The van der Waals surface area contributed by atoms with Gasteiger partial charge in [0, 0.05) is 11.9 Å². The van der Waals surface area contributed by atoms with Crippen molar-refractivity contribution in [3.05, 3.63) is 65.7 Å². The average Bonchev–Trinajstić information content (AvgIpc) is 2.53. The minimum absolute atomic E-state index is 0.0541. The smallest absolute Gasteiger partial charge is 0.365 e. The van der Waals surface area contributed by atoms with Gasteiger partial charge in [-0.05, 0) is 29.8 Å². The third-order valence-electron chi connectivity index (χ3n) is 3.37. The Balaban J connectivity index is 1.91. The van der Waals surface area contributed by atoms with Gasteiger partial charge >= 0.3 is 6.18 Å². The molecular formula is C16H11F4N3. The van der Waals surface area contributed by atoms with Crippen molar-refractivity contribution in [1.29, 1.82) is 0 Å². The van der Waals surface area contributed by atoms with Gasteiger partial charge in [0.15, 0.2) is 0 Å². The fourth-order valence-electron chi connectivity index (χ4n) is 2.29.